The summed E-state index contributed by atoms with van der Waals surface area (Å²) in [7, 11) is 0. The number of hydrogen-bond acceptors (Lipinski definition) is 4. The van der Waals surface area contributed by atoms with Crippen molar-refractivity contribution in [1.29, 1.82) is 0 Å². The van der Waals surface area contributed by atoms with Gasteiger partial charge in [-0.15, -0.1) is 0 Å². The van der Waals surface area contributed by atoms with Crippen LogP contribution in [0.4, 0.5) is 0 Å². The molecule has 0 aliphatic carbocycles. The molecule has 0 bridgehead atoms. The van der Waals surface area contributed by atoms with Gasteiger partial charge in [0.25, 0.3) is 0 Å². The molecule has 22 heavy (non-hydrogen) atoms. The van der Waals surface area contributed by atoms with Crippen LogP contribution in [0.2, 0.25) is 10.0 Å². The minimum Gasteiger partial charge on any atom is -0.487 e. The lowest BCUT2D eigenvalue weighted by atomic mass is 10.2. The van der Waals surface area contributed by atoms with Crippen molar-refractivity contribution in [2.45, 2.75) is 13.5 Å². The molecular formula is C16H12Cl2O4. The Morgan fingerprint density at radius 1 is 1.05 bits per heavy atom. The Bertz CT molecular complexity index is 699. The van der Waals surface area contributed by atoms with E-state index in [1.54, 1.807) is 6.07 Å². The summed E-state index contributed by atoms with van der Waals surface area (Å²) in [5.41, 5.74) is 0.954. The van der Waals surface area contributed by atoms with Crippen molar-refractivity contribution in [3.8, 4) is 11.5 Å². The predicted octanol–water partition coefficient (Wildman–Crippen LogP) is 4.07. The van der Waals surface area contributed by atoms with Gasteiger partial charge in [-0.1, -0.05) is 53.5 Å². The highest BCUT2D eigenvalue weighted by Crippen LogP contribution is 2.40. The minimum atomic E-state index is -1.04. The molecule has 4 nitrogen and oxygen atoms in total. The molecule has 0 saturated carbocycles. The Hall–Kier alpha value is -2.04. The van der Waals surface area contributed by atoms with Crippen LogP contribution in [0.25, 0.3) is 0 Å². The molecule has 114 valence electrons. The third-order valence-electron chi connectivity index (χ3n) is 2.73. The van der Waals surface area contributed by atoms with E-state index in [2.05, 4.69) is 0 Å². The van der Waals surface area contributed by atoms with Gasteiger partial charge in [0.05, 0.1) is 5.02 Å². The third kappa shape index (κ3) is 4.00. The van der Waals surface area contributed by atoms with E-state index < -0.39 is 11.8 Å². The monoisotopic (exact) mass is 338 g/mol. The molecule has 0 spiro atoms. The number of halogens is 2. The number of ether oxygens (including phenoxy) is 2. The highest BCUT2D eigenvalue weighted by molar-refractivity contribution is 6.39. The van der Waals surface area contributed by atoms with Crippen LogP contribution in [-0.4, -0.2) is 11.8 Å². The number of Topliss-reactive ketones (excluding diaryl/α,β-unsaturated/α-hetero) is 1. The molecule has 0 N–H and O–H groups in total. The summed E-state index contributed by atoms with van der Waals surface area (Å²) in [6.45, 7) is 1.39. The van der Waals surface area contributed by atoms with Crippen molar-refractivity contribution in [3.63, 3.8) is 0 Å². The quantitative estimate of drug-likeness (QED) is 0.468. The molecule has 0 aliphatic rings. The molecular weight excluding hydrogens is 327 g/mol. The molecule has 0 saturated heterocycles. The highest BCUT2D eigenvalue weighted by Gasteiger charge is 2.19. The Balaban J connectivity index is 2.19. The summed E-state index contributed by atoms with van der Waals surface area (Å²) in [4.78, 5) is 22.4. The van der Waals surface area contributed by atoms with E-state index in [-0.39, 0.29) is 15.8 Å². The van der Waals surface area contributed by atoms with Gasteiger partial charge >= 0.3 is 5.97 Å². The first-order chi connectivity index (χ1) is 10.5. The zero-order chi connectivity index (χ0) is 16.1. The molecule has 2 aromatic rings. The van der Waals surface area contributed by atoms with Gasteiger partial charge in [0.2, 0.25) is 5.78 Å². The summed E-state index contributed by atoms with van der Waals surface area (Å²) >= 11 is 12.1. The maximum absolute atomic E-state index is 11.4. The second kappa shape index (κ2) is 7.29. The molecule has 2 rings (SSSR count). The van der Waals surface area contributed by atoms with E-state index in [0.717, 1.165) is 12.5 Å². The second-order valence-electron chi connectivity index (χ2n) is 4.41. The van der Waals surface area contributed by atoms with E-state index in [4.69, 9.17) is 32.7 Å². The largest absolute Gasteiger partial charge is 0.487 e. The van der Waals surface area contributed by atoms with Gasteiger partial charge in [-0.05, 0) is 17.7 Å². The van der Waals surface area contributed by atoms with Crippen molar-refractivity contribution in [3.05, 3.63) is 58.1 Å². The van der Waals surface area contributed by atoms with E-state index in [0.29, 0.717) is 12.4 Å². The second-order valence-corrected chi connectivity index (χ2v) is 5.19. The number of esters is 1. The maximum atomic E-state index is 11.4. The first kappa shape index (κ1) is 16.3. The van der Waals surface area contributed by atoms with E-state index in [1.807, 2.05) is 30.3 Å². The number of carbonyl (C=O) groups excluding carboxylic acids is 2. The Kier molecular flexibility index (Phi) is 5.41. The van der Waals surface area contributed by atoms with Crippen LogP contribution < -0.4 is 9.47 Å². The summed E-state index contributed by atoms with van der Waals surface area (Å²) in [6, 6.07) is 12.5. The fraction of sp³-hybridized carbons (Fsp3) is 0.125. The van der Waals surface area contributed by atoms with Crippen molar-refractivity contribution in [2.24, 2.45) is 0 Å². The molecule has 0 fully saturated rings. The Labute approximate surface area is 137 Å². The summed E-state index contributed by atoms with van der Waals surface area (Å²) in [6.07, 6.45) is 0. The van der Waals surface area contributed by atoms with Gasteiger partial charge in [-0.3, -0.25) is 4.79 Å². The van der Waals surface area contributed by atoms with Crippen LogP contribution >= 0.6 is 23.2 Å². The lowest BCUT2D eigenvalue weighted by Crippen LogP contribution is -2.17. The first-order valence-electron chi connectivity index (χ1n) is 6.36. The van der Waals surface area contributed by atoms with Crippen LogP contribution in [0.1, 0.15) is 12.5 Å². The molecule has 0 aromatic heterocycles. The Morgan fingerprint density at radius 2 is 1.73 bits per heavy atom. The molecule has 0 aliphatic heterocycles. The maximum Gasteiger partial charge on any atom is 0.379 e. The van der Waals surface area contributed by atoms with Crippen LogP contribution in [0.5, 0.6) is 11.5 Å². The summed E-state index contributed by atoms with van der Waals surface area (Å²) in [5.74, 6) is -1.57. The van der Waals surface area contributed by atoms with Gasteiger partial charge in [-0.2, -0.15) is 0 Å². The van der Waals surface area contributed by atoms with Crippen LogP contribution in [0.15, 0.2) is 42.5 Å². The number of rotatable bonds is 5. The van der Waals surface area contributed by atoms with Gasteiger partial charge in [-0.25, -0.2) is 4.79 Å². The van der Waals surface area contributed by atoms with Gasteiger partial charge in [0.1, 0.15) is 17.4 Å². The van der Waals surface area contributed by atoms with E-state index in [1.165, 1.54) is 6.07 Å². The smallest absolute Gasteiger partial charge is 0.379 e. The van der Waals surface area contributed by atoms with Crippen molar-refractivity contribution >= 4 is 35.0 Å². The van der Waals surface area contributed by atoms with Crippen molar-refractivity contribution < 1.29 is 19.1 Å². The summed E-state index contributed by atoms with van der Waals surface area (Å²) < 4.78 is 10.5. The zero-order valence-electron chi connectivity index (χ0n) is 11.6. The van der Waals surface area contributed by atoms with Crippen LogP contribution in [0.3, 0.4) is 0 Å². The number of hydrogen-bond donors (Lipinski definition) is 0. The average molecular weight is 339 g/mol. The van der Waals surface area contributed by atoms with Gasteiger partial charge in [0.15, 0.2) is 5.75 Å². The van der Waals surface area contributed by atoms with Crippen LogP contribution in [-0.2, 0) is 16.2 Å². The normalized spacial score (nSPS) is 10.1. The SMILES string of the molecule is CC(=O)C(=O)Oc1c(Cl)ccc(OCc2ccccc2)c1Cl. The standard InChI is InChI=1S/C16H12Cl2O4/c1-10(19)16(20)22-15-12(17)7-8-13(14(15)18)21-9-11-5-3-2-4-6-11/h2-8H,9H2,1H3. The van der Waals surface area contributed by atoms with Crippen LogP contribution in [0, 0.1) is 0 Å². The fourth-order valence-corrected chi connectivity index (χ4v) is 2.12. The number of carbonyl (C=O) groups is 2. The molecule has 0 heterocycles. The van der Waals surface area contributed by atoms with Gasteiger partial charge in [0, 0.05) is 6.92 Å². The van der Waals surface area contributed by atoms with E-state index >= 15 is 0 Å². The minimum absolute atomic E-state index is 0.0398. The summed E-state index contributed by atoms with van der Waals surface area (Å²) in [5, 5.41) is 0.157. The number of ketones is 1. The third-order valence-corrected chi connectivity index (χ3v) is 3.39. The molecule has 0 amide bonds. The van der Waals surface area contributed by atoms with Gasteiger partial charge < -0.3 is 9.47 Å². The fourth-order valence-electron chi connectivity index (χ4n) is 1.62. The average Bonchev–Trinajstić information content (AvgIpc) is 2.51. The lowest BCUT2D eigenvalue weighted by Gasteiger charge is -2.12. The Morgan fingerprint density at radius 3 is 2.36 bits per heavy atom. The lowest BCUT2D eigenvalue weighted by molar-refractivity contribution is -0.146. The molecule has 6 heteroatoms. The molecule has 0 radical (unpaired) electrons. The van der Waals surface area contributed by atoms with Crippen molar-refractivity contribution in [2.75, 3.05) is 0 Å². The predicted molar refractivity (Wildman–Crippen MR) is 83.6 cm³/mol. The van der Waals surface area contributed by atoms with E-state index in [9.17, 15) is 9.59 Å². The molecule has 0 unspecified atom stereocenters. The highest BCUT2D eigenvalue weighted by atomic mass is 35.5. The van der Waals surface area contributed by atoms with Crippen molar-refractivity contribution in [1.82, 2.24) is 0 Å². The molecule has 0 atom stereocenters. The topological polar surface area (TPSA) is 52.6 Å². The molecule has 2 aromatic carbocycles. The number of benzene rings is 2. The zero-order valence-corrected chi connectivity index (χ0v) is 13.1. The first-order valence-corrected chi connectivity index (χ1v) is 7.12.